The van der Waals surface area contributed by atoms with E-state index < -0.39 is 8.07 Å². The molecule has 0 radical (unpaired) electrons. The van der Waals surface area contributed by atoms with Crippen LogP contribution in [0.15, 0.2) is 90.3 Å². The largest absolute Gasteiger partial charge is 0.146 e. The molecule has 0 amide bonds. The van der Waals surface area contributed by atoms with Crippen LogP contribution >= 0.6 is 11.3 Å². The van der Waals surface area contributed by atoms with E-state index in [1.165, 1.54) is 53.5 Å². The Morgan fingerprint density at radius 2 is 1.00 bits per heavy atom. The fourth-order valence-electron chi connectivity index (χ4n) is 6.84. The van der Waals surface area contributed by atoms with Crippen molar-refractivity contribution < 1.29 is 0 Å². The molecule has 0 fully saturated rings. The summed E-state index contributed by atoms with van der Waals surface area (Å²) in [5, 5.41) is 12.4. The van der Waals surface area contributed by atoms with E-state index in [-0.39, 0.29) is 0 Å². The van der Waals surface area contributed by atoms with Gasteiger partial charge in [0.05, 0.1) is 0 Å². The second kappa shape index (κ2) is 9.98. The van der Waals surface area contributed by atoms with Crippen molar-refractivity contribution in [1.82, 2.24) is 0 Å². The molecule has 1 heterocycles. The van der Waals surface area contributed by atoms with Gasteiger partial charge in [0.2, 0.25) is 0 Å². The summed E-state index contributed by atoms with van der Waals surface area (Å²) in [5.74, 6) is 3.79. The first-order valence-corrected chi connectivity index (χ1v) is 17.3. The van der Waals surface area contributed by atoms with Gasteiger partial charge in [-0.05, 0) is 120 Å². The number of fused-ring (bicyclic) bond motifs is 4. The van der Waals surface area contributed by atoms with Crippen LogP contribution in [0.25, 0.3) is 53.5 Å². The Balaban J connectivity index is 1.58. The fourth-order valence-corrected chi connectivity index (χ4v) is 12.8. The average Bonchev–Trinajstić information content (AvgIpc) is 3.44. The molecule has 1 aromatic heterocycles. The van der Waals surface area contributed by atoms with Gasteiger partial charge < -0.3 is 0 Å². The molecule has 0 unspecified atom stereocenters. The Bertz CT molecular complexity index is 1870. The van der Waals surface area contributed by atoms with E-state index in [0.717, 1.165) is 5.56 Å². The summed E-state index contributed by atoms with van der Waals surface area (Å²) in [6.07, 6.45) is 0. The first kappa shape index (κ1) is 25.9. The maximum Gasteiger partial charge on any atom is 0.146 e. The van der Waals surface area contributed by atoms with Gasteiger partial charge in [0.25, 0.3) is 0 Å². The molecule has 2 heteroatoms. The Labute approximate surface area is 237 Å². The van der Waals surface area contributed by atoms with Crippen molar-refractivity contribution in [1.29, 1.82) is 0 Å². The van der Waals surface area contributed by atoms with Crippen molar-refractivity contribution in [2.24, 2.45) is 0 Å². The molecule has 0 aliphatic heterocycles. The van der Waals surface area contributed by atoms with Crippen molar-refractivity contribution >= 4 is 62.5 Å². The van der Waals surface area contributed by atoms with Crippen molar-refractivity contribution in [3.63, 3.8) is 0 Å². The quantitative estimate of drug-likeness (QED) is 0.118. The first-order chi connectivity index (χ1) is 18.8. The minimum atomic E-state index is -1.84. The lowest BCUT2D eigenvalue weighted by molar-refractivity contribution is 0.838. The van der Waals surface area contributed by atoms with Gasteiger partial charge >= 0.3 is 0 Å². The fraction of sp³-hybridized carbons (Fsp3) is 0.243. The van der Waals surface area contributed by atoms with Gasteiger partial charge in [0.1, 0.15) is 8.07 Å². The first-order valence-electron chi connectivity index (χ1n) is 14.2. The van der Waals surface area contributed by atoms with Gasteiger partial charge in [-0.25, -0.2) is 0 Å². The Morgan fingerprint density at radius 1 is 0.538 bits per heavy atom. The lowest BCUT2D eigenvalue weighted by atomic mass is 9.95. The maximum atomic E-state index is 3.99. The number of thiophene rings is 1. The zero-order chi connectivity index (χ0) is 27.3. The van der Waals surface area contributed by atoms with Crippen LogP contribution in [-0.2, 0) is 0 Å². The van der Waals surface area contributed by atoms with E-state index in [2.05, 4.69) is 143 Å². The van der Waals surface area contributed by atoms with Crippen LogP contribution in [0.5, 0.6) is 0 Å². The van der Waals surface area contributed by atoms with Gasteiger partial charge in [0.15, 0.2) is 0 Å². The number of benzene rings is 5. The van der Waals surface area contributed by atoms with Gasteiger partial charge in [-0.2, -0.15) is 0 Å². The van der Waals surface area contributed by atoms with Crippen LogP contribution in [0.4, 0.5) is 0 Å². The van der Waals surface area contributed by atoms with Crippen LogP contribution in [-0.4, -0.2) is 8.07 Å². The summed E-state index contributed by atoms with van der Waals surface area (Å²) in [6.45, 7) is 14.3. The maximum absolute atomic E-state index is 3.99. The molecule has 0 N–H and O–H groups in total. The predicted molar refractivity (Wildman–Crippen MR) is 178 cm³/mol. The van der Waals surface area contributed by atoms with Gasteiger partial charge in [-0.1, -0.05) is 77.8 Å². The van der Waals surface area contributed by atoms with E-state index in [9.17, 15) is 0 Å². The highest BCUT2D eigenvalue weighted by atomic mass is 32.1. The predicted octanol–water partition coefficient (Wildman–Crippen LogP) is 11.6. The lowest BCUT2D eigenvalue weighted by Gasteiger charge is -2.38. The molecule has 5 aromatic carbocycles. The van der Waals surface area contributed by atoms with Crippen molar-refractivity contribution in [2.75, 3.05) is 0 Å². The molecule has 0 saturated carbocycles. The molecule has 0 nitrogen and oxygen atoms in total. The zero-order valence-electron chi connectivity index (χ0n) is 23.8. The van der Waals surface area contributed by atoms with Crippen LogP contribution in [0.1, 0.15) is 47.1 Å². The third kappa shape index (κ3) is 4.48. The standard InChI is InChI=1S/C37H36SSi/c1-24(2)39(25(3)4,26(5)6)15-13-29-18-32-21-33-19-30-16-27-10-7-8-11-28(27)17-31(30)20-34(33)22-35(32)23-36(29)37-12-9-14-38-37/h7-12,14,16-26H,1-6H3. The summed E-state index contributed by atoms with van der Waals surface area (Å²) in [4.78, 5) is 1.29. The highest BCUT2D eigenvalue weighted by Gasteiger charge is 2.41. The van der Waals surface area contributed by atoms with Crippen molar-refractivity contribution in [3.8, 4) is 21.9 Å². The van der Waals surface area contributed by atoms with Crippen LogP contribution in [0.3, 0.4) is 0 Å². The Kier molecular flexibility index (Phi) is 6.62. The van der Waals surface area contributed by atoms with Gasteiger partial charge in [-0.3, -0.25) is 0 Å². The minimum absolute atomic E-state index is 0.615. The smallest absolute Gasteiger partial charge is 0.144 e. The summed E-state index contributed by atoms with van der Waals surface area (Å²) < 4.78 is 0. The van der Waals surface area contributed by atoms with E-state index in [4.69, 9.17) is 0 Å². The number of hydrogen-bond donors (Lipinski definition) is 0. The van der Waals surface area contributed by atoms with E-state index in [1.807, 2.05) is 0 Å². The van der Waals surface area contributed by atoms with E-state index in [1.54, 1.807) is 11.3 Å². The molecule has 0 aliphatic carbocycles. The third-order valence-corrected chi connectivity index (χ3v) is 16.0. The molecule has 0 spiro atoms. The minimum Gasteiger partial charge on any atom is -0.144 e. The van der Waals surface area contributed by atoms with E-state index >= 15 is 0 Å². The topological polar surface area (TPSA) is 0 Å². The molecule has 6 aromatic rings. The summed E-state index contributed by atoms with van der Waals surface area (Å²) in [6, 6.07) is 31.8. The SMILES string of the molecule is CC(C)[Si](C#Cc1cc2cc3cc4cc5ccccc5cc4cc3cc2cc1-c1cccs1)(C(C)C)C(C)C. The second-order valence-corrected chi connectivity index (χ2v) is 18.5. The lowest BCUT2D eigenvalue weighted by Crippen LogP contribution is -2.43. The van der Waals surface area contributed by atoms with Crippen molar-refractivity contribution in [2.45, 2.75) is 58.2 Å². The molecule has 39 heavy (non-hydrogen) atoms. The zero-order valence-corrected chi connectivity index (χ0v) is 25.6. The molecular weight excluding hydrogens is 505 g/mol. The molecule has 0 aliphatic rings. The van der Waals surface area contributed by atoms with E-state index in [0.29, 0.717) is 16.6 Å². The second-order valence-electron chi connectivity index (χ2n) is 12.0. The average molecular weight is 541 g/mol. The highest BCUT2D eigenvalue weighted by molar-refractivity contribution is 7.13. The molecule has 194 valence electrons. The molecule has 0 atom stereocenters. The third-order valence-electron chi connectivity index (χ3n) is 8.82. The molecule has 0 saturated heterocycles. The Morgan fingerprint density at radius 3 is 1.46 bits per heavy atom. The summed E-state index contributed by atoms with van der Waals surface area (Å²) >= 11 is 1.80. The molecule has 6 rings (SSSR count). The molecule has 0 bridgehead atoms. The van der Waals surface area contributed by atoms with Gasteiger partial charge in [0, 0.05) is 16.0 Å². The normalized spacial score (nSPS) is 12.3. The Hall–Kier alpha value is -3.38. The van der Waals surface area contributed by atoms with Crippen LogP contribution in [0, 0.1) is 11.5 Å². The summed E-state index contributed by atoms with van der Waals surface area (Å²) in [7, 11) is -1.84. The highest BCUT2D eigenvalue weighted by Crippen LogP contribution is 2.41. The summed E-state index contributed by atoms with van der Waals surface area (Å²) in [5.41, 5.74) is 8.25. The van der Waals surface area contributed by atoms with Crippen molar-refractivity contribution in [3.05, 3.63) is 95.9 Å². The van der Waals surface area contributed by atoms with Gasteiger partial charge in [-0.15, -0.1) is 16.9 Å². The number of rotatable bonds is 4. The monoisotopic (exact) mass is 540 g/mol. The molecular formula is C37H36SSi. The van der Waals surface area contributed by atoms with Crippen LogP contribution in [0.2, 0.25) is 16.6 Å². The number of hydrogen-bond acceptors (Lipinski definition) is 1. The van der Waals surface area contributed by atoms with Crippen LogP contribution < -0.4 is 0 Å².